The Morgan fingerprint density at radius 3 is 2.77 bits per heavy atom. The zero-order valence-electron chi connectivity index (χ0n) is 13.6. The first-order chi connectivity index (χ1) is 10.7. The summed E-state index contributed by atoms with van der Waals surface area (Å²) < 4.78 is 11.1. The Morgan fingerprint density at radius 1 is 1.36 bits per heavy atom. The Bertz CT molecular complexity index is 450. The molecule has 0 aromatic heterocycles. The molecule has 122 valence electrons. The molecule has 1 amide bonds. The van der Waals surface area contributed by atoms with Crippen LogP contribution in [0.25, 0.3) is 0 Å². The molecular weight excluding hydrogens is 278 g/mol. The van der Waals surface area contributed by atoms with Crippen molar-refractivity contribution < 1.29 is 14.3 Å². The lowest BCUT2D eigenvalue weighted by Crippen LogP contribution is -2.25. The molecule has 2 rings (SSSR count). The first-order valence-corrected chi connectivity index (χ1v) is 8.24. The topological polar surface area (TPSA) is 47.6 Å². The van der Waals surface area contributed by atoms with E-state index < -0.39 is 0 Å². The molecule has 1 aromatic rings. The molecule has 1 aromatic carbocycles. The van der Waals surface area contributed by atoms with E-state index in [4.69, 9.17) is 9.47 Å². The van der Waals surface area contributed by atoms with E-state index >= 15 is 0 Å². The van der Waals surface area contributed by atoms with Crippen LogP contribution in [0.4, 0.5) is 0 Å². The van der Waals surface area contributed by atoms with Crippen molar-refractivity contribution in [3.8, 4) is 0 Å². The van der Waals surface area contributed by atoms with Crippen molar-refractivity contribution in [2.24, 2.45) is 0 Å². The van der Waals surface area contributed by atoms with Crippen molar-refractivity contribution in [1.82, 2.24) is 5.32 Å². The summed E-state index contributed by atoms with van der Waals surface area (Å²) >= 11 is 0. The van der Waals surface area contributed by atoms with Gasteiger partial charge < -0.3 is 14.8 Å². The van der Waals surface area contributed by atoms with Gasteiger partial charge in [0.2, 0.25) is 0 Å². The van der Waals surface area contributed by atoms with Crippen LogP contribution in [-0.2, 0) is 9.47 Å². The fraction of sp³-hybridized carbons (Fsp3) is 0.611. The highest BCUT2D eigenvalue weighted by molar-refractivity contribution is 5.94. The number of hydrogen-bond acceptors (Lipinski definition) is 3. The van der Waals surface area contributed by atoms with Gasteiger partial charge in [0.05, 0.1) is 12.7 Å². The lowest BCUT2D eigenvalue weighted by Gasteiger charge is -2.10. The van der Waals surface area contributed by atoms with Crippen molar-refractivity contribution in [2.75, 3.05) is 26.4 Å². The third-order valence-corrected chi connectivity index (χ3v) is 3.92. The largest absolute Gasteiger partial charge is 0.379 e. The SMILES string of the molecule is CC(C)c1ccc(C(=O)NCCCOCC2CCCO2)cc1. The van der Waals surface area contributed by atoms with Gasteiger partial charge in [-0.3, -0.25) is 4.79 Å². The number of ether oxygens (including phenoxy) is 2. The summed E-state index contributed by atoms with van der Waals surface area (Å²) in [6.45, 7) is 7.12. The minimum absolute atomic E-state index is 0.0190. The predicted octanol–water partition coefficient (Wildman–Crippen LogP) is 3.13. The highest BCUT2D eigenvalue weighted by atomic mass is 16.5. The van der Waals surface area contributed by atoms with E-state index in [0.717, 1.165) is 25.9 Å². The second-order valence-electron chi connectivity index (χ2n) is 6.10. The number of carbonyl (C=O) groups excluding carboxylic acids is 1. The van der Waals surface area contributed by atoms with E-state index in [0.29, 0.717) is 31.2 Å². The Morgan fingerprint density at radius 2 is 2.14 bits per heavy atom. The van der Waals surface area contributed by atoms with E-state index in [1.807, 2.05) is 24.3 Å². The van der Waals surface area contributed by atoms with Crippen LogP contribution in [0.5, 0.6) is 0 Å². The Kier molecular flexibility index (Phi) is 6.87. The minimum Gasteiger partial charge on any atom is -0.379 e. The molecule has 1 aliphatic heterocycles. The number of benzene rings is 1. The van der Waals surface area contributed by atoms with Gasteiger partial charge in [-0.25, -0.2) is 0 Å². The molecule has 1 saturated heterocycles. The van der Waals surface area contributed by atoms with E-state index in [1.54, 1.807) is 0 Å². The molecular formula is C18H27NO3. The summed E-state index contributed by atoms with van der Waals surface area (Å²) in [6, 6.07) is 7.81. The standard InChI is InChI=1S/C18H27NO3/c1-14(2)15-6-8-16(9-7-15)18(20)19-10-4-11-21-13-17-5-3-12-22-17/h6-9,14,17H,3-5,10-13H2,1-2H3,(H,19,20). The van der Waals surface area contributed by atoms with Gasteiger partial charge in [-0.15, -0.1) is 0 Å². The molecule has 1 heterocycles. The van der Waals surface area contributed by atoms with Crippen LogP contribution < -0.4 is 5.32 Å². The molecule has 0 spiro atoms. The molecule has 1 atom stereocenters. The molecule has 1 aliphatic rings. The Hall–Kier alpha value is -1.39. The van der Waals surface area contributed by atoms with Crippen molar-refractivity contribution in [3.63, 3.8) is 0 Å². The third-order valence-electron chi connectivity index (χ3n) is 3.92. The van der Waals surface area contributed by atoms with Crippen LogP contribution in [0, 0.1) is 0 Å². The van der Waals surface area contributed by atoms with Gasteiger partial charge in [0, 0.05) is 25.3 Å². The third kappa shape index (κ3) is 5.43. The highest BCUT2D eigenvalue weighted by Gasteiger charge is 2.14. The molecule has 0 aliphatic carbocycles. The smallest absolute Gasteiger partial charge is 0.251 e. The summed E-state index contributed by atoms with van der Waals surface area (Å²) in [5, 5.41) is 2.93. The molecule has 0 radical (unpaired) electrons. The van der Waals surface area contributed by atoms with Crippen LogP contribution in [0.2, 0.25) is 0 Å². The second-order valence-corrected chi connectivity index (χ2v) is 6.10. The van der Waals surface area contributed by atoms with Crippen LogP contribution in [0.3, 0.4) is 0 Å². The maximum atomic E-state index is 12.0. The molecule has 1 unspecified atom stereocenters. The predicted molar refractivity (Wildman–Crippen MR) is 87.3 cm³/mol. The molecule has 4 heteroatoms. The highest BCUT2D eigenvalue weighted by Crippen LogP contribution is 2.14. The maximum Gasteiger partial charge on any atom is 0.251 e. The molecule has 22 heavy (non-hydrogen) atoms. The van der Waals surface area contributed by atoms with Crippen LogP contribution in [0.1, 0.15) is 54.9 Å². The average Bonchev–Trinajstić information content (AvgIpc) is 3.04. The number of amides is 1. The van der Waals surface area contributed by atoms with Crippen molar-refractivity contribution >= 4 is 5.91 Å². The maximum absolute atomic E-state index is 12.0. The van der Waals surface area contributed by atoms with Crippen LogP contribution in [-0.4, -0.2) is 38.4 Å². The molecule has 1 N–H and O–H groups in total. The zero-order chi connectivity index (χ0) is 15.8. The van der Waals surface area contributed by atoms with E-state index in [2.05, 4.69) is 19.2 Å². The van der Waals surface area contributed by atoms with Gasteiger partial charge in [0.1, 0.15) is 0 Å². The normalized spacial score (nSPS) is 17.9. The Labute approximate surface area is 133 Å². The summed E-state index contributed by atoms with van der Waals surface area (Å²) in [5.74, 6) is 0.465. The summed E-state index contributed by atoms with van der Waals surface area (Å²) in [5.41, 5.74) is 1.96. The van der Waals surface area contributed by atoms with Crippen molar-refractivity contribution in [1.29, 1.82) is 0 Å². The molecule has 4 nitrogen and oxygen atoms in total. The molecule has 0 saturated carbocycles. The van der Waals surface area contributed by atoms with Gasteiger partial charge in [0.25, 0.3) is 5.91 Å². The van der Waals surface area contributed by atoms with E-state index in [9.17, 15) is 4.79 Å². The van der Waals surface area contributed by atoms with Gasteiger partial charge in [-0.2, -0.15) is 0 Å². The molecule has 0 bridgehead atoms. The number of nitrogens with one attached hydrogen (secondary N) is 1. The van der Waals surface area contributed by atoms with E-state index in [-0.39, 0.29) is 12.0 Å². The summed E-state index contributed by atoms with van der Waals surface area (Å²) in [7, 11) is 0. The first-order valence-electron chi connectivity index (χ1n) is 8.24. The van der Waals surface area contributed by atoms with E-state index in [1.165, 1.54) is 5.56 Å². The van der Waals surface area contributed by atoms with Crippen LogP contribution >= 0.6 is 0 Å². The monoisotopic (exact) mass is 305 g/mol. The van der Waals surface area contributed by atoms with Gasteiger partial charge >= 0.3 is 0 Å². The summed E-state index contributed by atoms with van der Waals surface area (Å²) in [6.07, 6.45) is 3.33. The number of hydrogen-bond donors (Lipinski definition) is 1. The fourth-order valence-electron chi connectivity index (χ4n) is 2.49. The zero-order valence-corrected chi connectivity index (χ0v) is 13.6. The summed E-state index contributed by atoms with van der Waals surface area (Å²) in [4.78, 5) is 12.0. The van der Waals surface area contributed by atoms with Crippen molar-refractivity contribution in [2.45, 2.75) is 45.1 Å². The fourth-order valence-corrected chi connectivity index (χ4v) is 2.49. The average molecular weight is 305 g/mol. The second kappa shape index (κ2) is 8.91. The van der Waals surface area contributed by atoms with Crippen LogP contribution in [0.15, 0.2) is 24.3 Å². The number of carbonyl (C=O) groups is 1. The van der Waals surface area contributed by atoms with Gasteiger partial charge in [-0.1, -0.05) is 26.0 Å². The lowest BCUT2D eigenvalue weighted by molar-refractivity contribution is 0.0166. The van der Waals surface area contributed by atoms with Gasteiger partial charge in [-0.05, 0) is 42.9 Å². The number of rotatable bonds is 8. The Balaban J connectivity index is 1.58. The van der Waals surface area contributed by atoms with Crippen molar-refractivity contribution in [3.05, 3.63) is 35.4 Å². The first kappa shape index (κ1) is 17.0. The molecule has 1 fully saturated rings. The van der Waals surface area contributed by atoms with Gasteiger partial charge in [0.15, 0.2) is 0 Å². The lowest BCUT2D eigenvalue weighted by atomic mass is 10.0. The minimum atomic E-state index is -0.0190. The quantitative estimate of drug-likeness (QED) is 0.751.